The Bertz CT molecular complexity index is 1290. The highest BCUT2D eigenvalue weighted by Crippen LogP contribution is 2.39. The van der Waals surface area contributed by atoms with Gasteiger partial charge in [-0.1, -0.05) is 0 Å². The summed E-state index contributed by atoms with van der Waals surface area (Å²) in [6.07, 6.45) is 4.01. The van der Waals surface area contributed by atoms with Crippen LogP contribution in [-0.4, -0.2) is 25.0 Å². The molecule has 1 aliphatic carbocycles. The minimum absolute atomic E-state index is 0.0777. The summed E-state index contributed by atoms with van der Waals surface area (Å²) in [4.78, 5) is 12.4. The maximum atomic E-state index is 12.4. The van der Waals surface area contributed by atoms with E-state index in [0.717, 1.165) is 41.7 Å². The quantitative estimate of drug-likeness (QED) is 0.600. The summed E-state index contributed by atoms with van der Waals surface area (Å²) in [6.45, 7) is 1.90. The van der Waals surface area contributed by atoms with Gasteiger partial charge in [0.1, 0.15) is 22.8 Å². The number of methoxy groups -OCH3 is 2. The van der Waals surface area contributed by atoms with Gasteiger partial charge in [0.15, 0.2) is 0 Å². The minimum atomic E-state index is -0.286. The summed E-state index contributed by atoms with van der Waals surface area (Å²) >= 11 is 0. The number of phenolic OH excluding ortho intramolecular Hbond substituents is 1. The number of fused-ring (bicyclic) bond motifs is 3. The molecule has 0 saturated carbocycles. The van der Waals surface area contributed by atoms with Crippen molar-refractivity contribution in [2.45, 2.75) is 45.1 Å². The molecule has 166 valence electrons. The molecule has 5 rings (SSSR count). The Hall–Kier alpha value is -3.48. The highest BCUT2D eigenvalue weighted by molar-refractivity contribution is 6.09. The molecule has 2 aromatic carbocycles. The number of rotatable bonds is 4. The van der Waals surface area contributed by atoms with Crippen LogP contribution in [0.4, 0.5) is 0 Å². The molecule has 0 saturated heterocycles. The van der Waals surface area contributed by atoms with Crippen molar-refractivity contribution in [3.8, 4) is 17.2 Å². The number of aromatic hydroxyl groups is 1. The fourth-order valence-electron chi connectivity index (χ4n) is 4.90. The highest BCUT2D eigenvalue weighted by atomic mass is 16.5. The van der Waals surface area contributed by atoms with Crippen LogP contribution in [0.2, 0.25) is 0 Å². The smallest absolute Gasteiger partial charge is 0.339 e. The Kier molecular flexibility index (Phi) is 5.04. The molecule has 0 radical (unpaired) electrons. The largest absolute Gasteiger partial charge is 0.506 e. The van der Waals surface area contributed by atoms with Gasteiger partial charge in [0, 0.05) is 23.6 Å². The molecule has 0 amide bonds. The van der Waals surface area contributed by atoms with E-state index < -0.39 is 0 Å². The molecular weight excluding hydrogens is 408 g/mol. The van der Waals surface area contributed by atoms with Crippen molar-refractivity contribution in [3.63, 3.8) is 0 Å². The zero-order chi connectivity index (χ0) is 22.4. The summed E-state index contributed by atoms with van der Waals surface area (Å²) in [7, 11) is 3.25. The van der Waals surface area contributed by atoms with E-state index in [1.807, 2.05) is 31.2 Å². The van der Waals surface area contributed by atoms with Gasteiger partial charge < -0.3 is 24.4 Å². The fourth-order valence-corrected chi connectivity index (χ4v) is 4.90. The maximum absolute atomic E-state index is 12.4. The van der Waals surface area contributed by atoms with Gasteiger partial charge in [0.05, 0.1) is 31.4 Å². The van der Waals surface area contributed by atoms with Crippen LogP contribution in [0.3, 0.4) is 0 Å². The molecule has 2 heterocycles. The number of nitrogens with one attached hydrogen (secondary N) is 1. The average Bonchev–Trinajstić information content (AvgIpc) is 3.28. The molecule has 0 spiro atoms. The zero-order valence-electron chi connectivity index (χ0n) is 18.4. The highest BCUT2D eigenvalue weighted by Gasteiger charge is 2.28. The monoisotopic (exact) mass is 434 g/mol. The Labute approximate surface area is 185 Å². The first-order valence-corrected chi connectivity index (χ1v) is 10.9. The van der Waals surface area contributed by atoms with Crippen LogP contribution in [0.25, 0.3) is 11.0 Å². The summed E-state index contributed by atoms with van der Waals surface area (Å²) in [5, 5.41) is 16.6. The number of hydrogen-bond acceptors (Lipinski definition) is 7. The molecule has 1 aromatic heterocycles. The molecule has 1 atom stereocenters. The van der Waals surface area contributed by atoms with Crippen LogP contribution in [-0.2, 0) is 12.8 Å². The van der Waals surface area contributed by atoms with Crippen molar-refractivity contribution in [3.05, 3.63) is 62.5 Å². The molecule has 7 nitrogen and oxygen atoms in total. The SMILES string of the molecule is COc1cc(OC)cc([C@H]2CC(c3c(C)cc4oc(=O)c5c(c4c3O)CCCC5)=NN2)c1. The van der Waals surface area contributed by atoms with E-state index in [1.54, 1.807) is 14.2 Å². The van der Waals surface area contributed by atoms with E-state index in [2.05, 4.69) is 10.5 Å². The molecular formula is C25H26N2O5. The van der Waals surface area contributed by atoms with Gasteiger partial charge in [-0.3, -0.25) is 0 Å². The average molecular weight is 434 g/mol. The first kappa shape index (κ1) is 20.4. The van der Waals surface area contributed by atoms with E-state index >= 15 is 0 Å². The van der Waals surface area contributed by atoms with E-state index in [0.29, 0.717) is 46.4 Å². The normalized spacial score (nSPS) is 17.6. The van der Waals surface area contributed by atoms with E-state index in [4.69, 9.17) is 13.9 Å². The molecule has 0 fully saturated rings. The Balaban J connectivity index is 1.56. The molecule has 32 heavy (non-hydrogen) atoms. The second-order valence-electron chi connectivity index (χ2n) is 8.43. The van der Waals surface area contributed by atoms with Crippen LogP contribution in [0.15, 0.2) is 38.6 Å². The third-order valence-electron chi connectivity index (χ3n) is 6.50. The lowest BCUT2D eigenvalue weighted by Crippen LogP contribution is -2.16. The van der Waals surface area contributed by atoms with Crippen molar-refractivity contribution < 1.29 is 19.0 Å². The summed E-state index contributed by atoms with van der Waals surface area (Å²) in [6, 6.07) is 7.50. The number of phenols is 1. The van der Waals surface area contributed by atoms with Crippen LogP contribution in [0.1, 0.15) is 53.1 Å². The summed E-state index contributed by atoms with van der Waals surface area (Å²) < 4.78 is 16.4. The molecule has 1 aliphatic heterocycles. The van der Waals surface area contributed by atoms with Crippen molar-refractivity contribution in [2.75, 3.05) is 14.2 Å². The van der Waals surface area contributed by atoms with Crippen LogP contribution >= 0.6 is 0 Å². The molecule has 0 unspecified atom stereocenters. The standard InChI is InChI=1S/C25H26N2O5/c1-13-8-21-23(17-6-4-5-7-18(17)25(29)32-21)24(28)22(13)20-12-19(26-27-20)14-9-15(30-2)11-16(10-14)31-3/h8-11,19,26,28H,4-7,12H2,1-3H3/t19-/m1/s1. The van der Waals surface area contributed by atoms with E-state index in [1.165, 1.54) is 0 Å². The van der Waals surface area contributed by atoms with Crippen molar-refractivity contribution >= 4 is 16.7 Å². The number of benzene rings is 2. The molecule has 2 N–H and O–H groups in total. The Morgan fingerprint density at radius 3 is 2.44 bits per heavy atom. The third-order valence-corrected chi connectivity index (χ3v) is 6.50. The maximum Gasteiger partial charge on any atom is 0.339 e. The first-order chi connectivity index (χ1) is 15.5. The van der Waals surface area contributed by atoms with Gasteiger partial charge in [-0.2, -0.15) is 5.10 Å². The summed E-state index contributed by atoms with van der Waals surface area (Å²) in [5.41, 5.74) is 8.23. The minimum Gasteiger partial charge on any atom is -0.506 e. The van der Waals surface area contributed by atoms with E-state index in [-0.39, 0.29) is 17.4 Å². The second kappa shape index (κ2) is 7.89. The van der Waals surface area contributed by atoms with Gasteiger partial charge in [-0.15, -0.1) is 0 Å². The molecule has 3 aromatic rings. The number of aryl methyl sites for hydroxylation is 2. The fraction of sp³-hybridized carbons (Fsp3) is 0.360. The number of ether oxygens (including phenoxy) is 2. The van der Waals surface area contributed by atoms with Crippen LogP contribution in [0.5, 0.6) is 17.2 Å². The third kappa shape index (κ3) is 3.28. The summed E-state index contributed by atoms with van der Waals surface area (Å²) in [5.74, 6) is 1.56. The van der Waals surface area contributed by atoms with Crippen LogP contribution in [0, 0.1) is 6.92 Å². The van der Waals surface area contributed by atoms with E-state index in [9.17, 15) is 9.90 Å². The van der Waals surface area contributed by atoms with Gasteiger partial charge >= 0.3 is 5.63 Å². The lowest BCUT2D eigenvalue weighted by molar-refractivity contribution is 0.392. The number of nitrogens with zero attached hydrogens (tertiary/aromatic N) is 1. The molecule has 2 aliphatic rings. The van der Waals surface area contributed by atoms with Gasteiger partial charge in [0.25, 0.3) is 0 Å². The predicted molar refractivity (Wildman–Crippen MR) is 122 cm³/mol. The van der Waals surface area contributed by atoms with Gasteiger partial charge in [0.2, 0.25) is 0 Å². The van der Waals surface area contributed by atoms with Gasteiger partial charge in [-0.05, 0) is 67.5 Å². The second-order valence-corrected chi connectivity index (χ2v) is 8.43. The topological polar surface area (TPSA) is 93.3 Å². The van der Waals surface area contributed by atoms with Crippen molar-refractivity contribution in [1.29, 1.82) is 0 Å². The number of hydrogen-bond donors (Lipinski definition) is 2. The van der Waals surface area contributed by atoms with Crippen LogP contribution < -0.4 is 20.5 Å². The predicted octanol–water partition coefficient (Wildman–Crippen LogP) is 4.14. The number of hydrazone groups is 1. The van der Waals surface area contributed by atoms with Crippen molar-refractivity contribution in [2.24, 2.45) is 5.10 Å². The molecule has 0 bridgehead atoms. The molecule has 7 heteroatoms. The first-order valence-electron chi connectivity index (χ1n) is 10.9. The van der Waals surface area contributed by atoms with Crippen molar-refractivity contribution in [1.82, 2.24) is 5.43 Å². The Morgan fingerprint density at radius 2 is 1.75 bits per heavy atom. The lowest BCUT2D eigenvalue weighted by atomic mass is 9.87. The van der Waals surface area contributed by atoms with Gasteiger partial charge in [-0.25, -0.2) is 4.79 Å². The lowest BCUT2D eigenvalue weighted by Gasteiger charge is -2.19. The Morgan fingerprint density at radius 1 is 1.06 bits per heavy atom. The zero-order valence-corrected chi connectivity index (χ0v) is 18.4.